The van der Waals surface area contributed by atoms with E-state index in [1.807, 2.05) is 29.7 Å². The molecule has 1 saturated heterocycles. The van der Waals surface area contributed by atoms with E-state index < -0.39 is 27.0 Å². The van der Waals surface area contributed by atoms with Gasteiger partial charge in [0.1, 0.15) is 10.4 Å². The van der Waals surface area contributed by atoms with Crippen LogP contribution < -0.4 is 9.62 Å². The van der Waals surface area contributed by atoms with E-state index in [4.69, 9.17) is 0 Å². The summed E-state index contributed by atoms with van der Waals surface area (Å²) in [5, 5.41) is 16.5. The van der Waals surface area contributed by atoms with Crippen LogP contribution in [0, 0.1) is 17.2 Å². The quantitative estimate of drug-likeness (QED) is 0.453. The van der Waals surface area contributed by atoms with Gasteiger partial charge in [-0.15, -0.1) is 10.2 Å². The minimum atomic E-state index is -4.12. The van der Waals surface area contributed by atoms with E-state index in [1.165, 1.54) is 10.6 Å². The summed E-state index contributed by atoms with van der Waals surface area (Å²) in [6, 6.07) is 3.34. The third kappa shape index (κ3) is 4.64. The van der Waals surface area contributed by atoms with Gasteiger partial charge in [-0.1, -0.05) is 11.3 Å². The van der Waals surface area contributed by atoms with Crippen molar-refractivity contribution in [3.05, 3.63) is 23.5 Å². The first-order valence-corrected chi connectivity index (χ1v) is 15.0. The zero-order valence-corrected chi connectivity index (χ0v) is 22.8. The zero-order chi connectivity index (χ0) is 27.7. The maximum absolute atomic E-state index is 13.4. The SMILES string of the molecule is C[C@@H]1CN(c2cc(S(=O)(=O)NC3(C#N)CC3)cn3c(-c4nnc(C(F)F)s4)ncc23)C[C@H](C)N1C(=O)C1CC1. The van der Waals surface area contributed by atoms with Crippen molar-refractivity contribution in [2.24, 2.45) is 5.92 Å². The number of sulfonamides is 1. The minimum absolute atomic E-state index is 0.0880. The third-order valence-electron chi connectivity index (χ3n) is 7.46. The first kappa shape index (κ1) is 26.0. The number of fused-ring (bicyclic) bond motifs is 1. The van der Waals surface area contributed by atoms with Crippen LogP contribution in [0.2, 0.25) is 0 Å². The van der Waals surface area contributed by atoms with Crippen molar-refractivity contribution in [1.29, 1.82) is 5.26 Å². The third-order valence-corrected chi connectivity index (χ3v) is 9.89. The first-order chi connectivity index (χ1) is 18.5. The summed E-state index contributed by atoms with van der Waals surface area (Å²) in [6.07, 6.45) is 2.77. The monoisotopic (exact) mass is 576 g/mol. The van der Waals surface area contributed by atoms with Crippen molar-refractivity contribution >= 4 is 38.5 Å². The van der Waals surface area contributed by atoms with Crippen molar-refractivity contribution in [3.63, 3.8) is 0 Å². The van der Waals surface area contributed by atoms with Gasteiger partial charge in [-0.3, -0.25) is 9.20 Å². The lowest BCUT2D eigenvalue weighted by atomic mass is 10.1. The Kier molecular flexibility index (Phi) is 6.12. The van der Waals surface area contributed by atoms with Gasteiger partial charge in [0.2, 0.25) is 15.9 Å². The Balaban J connectivity index is 1.44. The topological polar surface area (TPSA) is 137 Å². The lowest BCUT2D eigenvalue weighted by Gasteiger charge is -2.45. The molecule has 206 valence electrons. The Bertz CT molecular complexity index is 1590. The molecule has 3 aromatic heterocycles. The normalized spacial score (nSPS) is 22.9. The van der Waals surface area contributed by atoms with Crippen LogP contribution in [0.5, 0.6) is 0 Å². The summed E-state index contributed by atoms with van der Waals surface area (Å²) in [6.45, 7) is 4.88. The number of aromatic nitrogens is 4. The summed E-state index contributed by atoms with van der Waals surface area (Å²) in [5.41, 5.74) is -0.00985. The number of hydrogen-bond donors (Lipinski definition) is 1. The van der Waals surface area contributed by atoms with E-state index in [9.17, 15) is 27.3 Å². The van der Waals surface area contributed by atoms with Crippen molar-refractivity contribution in [1.82, 2.24) is 29.2 Å². The second kappa shape index (κ2) is 9.17. The lowest BCUT2D eigenvalue weighted by Crippen LogP contribution is -2.59. The van der Waals surface area contributed by atoms with Gasteiger partial charge in [0.15, 0.2) is 15.8 Å². The predicted molar refractivity (Wildman–Crippen MR) is 138 cm³/mol. The van der Waals surface area contributed by atoms with E-state index in [1.54, 1.807) is 12.3 Å². The number of halogens is 2. The summed E-state index contributed by atoms with van der Waals surface area (Å²) in [5.74, 6) is 0.423. The zero-order valence-electron chi connectivity index (χ0n) is 21.2. The molecular weight excluding hydrogens is 550 g/mol. The standard InChI is InChI=1S/C24H26F2N8O3S2/c1-13-9-32(10-14(2)34(13)23(35)15-3-4-15)17-7-16(39(36,37)31-24(12-27)5-6-24)11-33-18(17)8-28-20(33)22-30-29-21(38-22)19(25)26/h7-8,11,13-15,19,31H,3-6,9-10H2,1-2H3/t13-,14+. The largest absolute Gasteiger partial charge is 0.366 e. The molecule has 39 heavy (non-hydrogen) atoms. The maximum atomic E-state index is 13.4. The average Bonchev–Trinajstić information content (AvgIpc) is 3.78. The van der Waals surface area contributed by atoms with Crippen LogP contribution in [0.15, 0.2) is 23.4 Å². The molecule has 6 rings (SSSR count). The van der Waals surface area contributed by atoms with E-state index >= 15 is 0 Å². The number of carbonyl (C=O) groups is 1. The smallest absolute Gasteiger partial charge is 0.291 e. The molecule has 0 radical (unpaired) electrons. The van der Waals surface area contributed by atoms with E-state index in [-0.39, 0.29) is 39.6 Å². The molecule has 1 aliphatic heterocycles. The van der Waals surface area contributed by atoms with Crippen LogP contribution in [0.1, 0.15) is 51.0 Å². The molecule has 15 heteroatoms. The number of carbonyl (C=O) groups excluding carboxylic acids is 1. The van der Waals surface area contributed by atoms with Gasteiger partial charge in [-0.05, 0) is 45.6 Å². The molecule has 0 aromatic carbocycles. The number of alkyl halides is 2. The molecule has 3 aromatic rings. The fourth-order valence-electron chi connectivity index (χ4n) is 5.20. The highest BCUT2D eigenvalue weighted by atomic mass is 32.2. The van der Waals surface area contributed by atoms with Crippen molar-refractivity contribution in [3.8, 4) is 16.9 Å². The number of imidazole rings is 1. The molecule has 2 saturated carbocycles. The second-order valence-electron chi connectivity index (χ2n) is 10.6. The Morgan fingerprint density at radius 2 is 1.92 bits per heavy atom. The number of rotatable bonds is 7. The van der Waals surface area contributed by atoms with Crippen LogP contribution in [-0.4, -0.2) is 69.5 Å². The summed E-state index contributed by atoms with van der Waals surface area (Å²) >= 11 is 0.683. The van der Waals surface area contributed by atoms with Gasteiger partial charge in [0, 0.05) is 37.3 Å². The van der Waals surface area contributed by atoms with Gasteiger partial charge in [-0.25, -0.2) is 22.2 Å². The van der Waals surface area contributed by atoms with Crippen LogP contribution in [0.25, 0.3) is 16.3 Å². The molecule has 2 aliphatic carbocycles. The van der Waals surface area contributed by atoms with Gasteiger partial charge in [0.25, 0.3) is 6.43 Å². The second-order valence-corrected chi connectivity index (χ2v) is 13.3. The number of pyridine rings is 1. The van der Waals surface area contributed by atoms with Crippen molar-refractivity contribution < 1.29 is 22.0 Å². The van der Waals surface area contributed by atoms with Crippen LogP contribution >= 0.6 is 11.3 Å². The number of hydrogen-bond acceptors (Lipinski definition) is 9. The Hall–Kier alpha value is -3.22. The number of nitrogens with zero attached hydrogens (tertiary/aromatic N) is 7. The van der Waals surface area contributed by atoms with E-state index in [2.05, 4.69) is 19.9 Å². The Morgan fingerprint density at radius 1 is 1.23 bits per heavy atom. The summed E-state index contributed by atoms with van der Waals surface area (Å²) < 4.78 is 57.3. The molecule has 1 amide bonds. The van der Waals surface area contributed by atoms with E-state index in [0.717, 1.165) is 12.8 Å². The number of anilines is 1. The average molecular weight is 577 g/mol. The molecule has 3 fully saturated rings. The minimum Gasteiger partial charge on any atom is -0.366 e. The van der Waals surface area contributed by atoms with Gasteiger partial charge in [-0.2, -0.15) is 9.98 Å². The lowest BCUT2D eigenvalue weighted by molar-refractivity contribution is -0.137. The van der Waals surface area contributed by atoms with Gasteiger partial charge in [0.05, 0.1) is 23.5 Å². The fourth-order valence-corrected chi connectivity index (χ4v) is 7.28. The molecule has 1 N–H and O–H groups in total. The predicted octanol–water partition coefficient (Wildman–Crippen LogP) is 2.96. The molecule has 11 nitrogen and oxygen atoms in total. The van der Waals surface area contributed by atoms with Crippen molar-refractivity contribution in [2.45, 2.75) is 68.5 Å². The van der Waals surface area contributed by atoms with Crippen molar-refractivity contribution in [2.75, 3.05) is 18.0 Å². The highest BCUT2D eigenvalue weighted by Crippen LogP contribution is 2.39. The molecule has 3 aliphatic rings. The van der Waals surface area contributed by atoms with Gasteiger partial charge < -0.3 is 9.80 Å². The first-order valence-electron chi connectivity index (χ1n) is 12.7. The number of amides is 1. The highest BCUT2D eigenvalue weighted by molar-refractivity contribution is 7.89. The van der Waals surface area contributed by atoms with Crippen LogP contribution in [0.3, 0.4) is 0 Å². The number of nitriles is 1. The Morgan fingerprint density at radius 3 is 2.49 bits per heavy atom. The van der Waals surface area contributed by atoms with Crippen LogP contribution in [0.4, 0.5) is 14.5 Å². The van der Waals surface area contributed by atoms with Crippen LogP contribution in [-0.2, 0) is 14.8 Å². The summed E-state index contributed by atoms with van der Waals surface area (Å²) in [4.78, 5) is 21.2. The number of piperazine rings is 1. The van der Waals surface area contributed by atoms with E-state index in [0.29, 0.717) is 48.5 Å². The molecule has 0 unspecified atom stereocenters. The number of nitrogens with one attached hydrogen (secondary N) is 1. The Labute approximate surface area is 227 Å². The molecular formula is C24H26F2N8O3S2. The molecule has 2 atom stereocenters. The summed E-state index contributed by atoms with van der Waals surface area (Å²) in [7, 11) is -4.12. The maximum Gasteiger partial charge on any atom is 0.291 e. The molecule has 4 heterocycles. The fraction of sp³-hybridized carbons (Fsp3) is 0.542. The highest BCUT2D eigenvalue weighted by Gasteiger charge is 2.47. The molecule has 0 bridgehead atoms. The molecule has 0 spiro atoms. The van der Waals surface area contributed by atoms with Gasteiger partial charge >= 0.3 is 0 Å².